The minimum Gasteiger partial charge on any atom is -0.268 e. The average Bonchev–Trinajstić information content (AvgIpc) is 2.36. The summed E-state index contributed by atoms with van der Waals surface area (Å²) in [5.41, 5.74) is 1.10. The summed E-state index contributed by atoms with van der Waals surface area (Å²) < 4.78 is 0. The standard InChI is InChI=1S/C13H14ClN3O/c1-10-15-12(14)8-13(16-10)17(2)18-9-11-6-4-3-5-7-11/h3-8H,9H2,1-2H3. The van der Waals surface area contributed by atoms with Crippen LogP contribution >= 0.6 is 11.6 Å². The molecule has 0 unspecified atom stereocenters. The molecule has 4 nitrogen and oxygen atoms in total. The fourth-order valence-electron chi connectivity index (χ4n) is 1.49. The Morgan fingerprint density at radius 1 is 1.22 bits per heavy atom. The van der Waals surface area contributed by atoms with E-state index in [1.165, 1.54) is 0 Å². The van der Waals surface area contributed by atoms with E-state index in [1.54, 1.807) is 25.1 Å². The van der Waals surface area contributed by atoms with Gasteiger partial charge < -0.3 is 0 Å². The first-order valence-corrected chi connectivity index (χ1v) is 5.95. The highest BCUT2D eigenvalue weighted by Crippen LogP contribution is 2.15. The van der Waals surface area contributed by atoms with E-state index >= 15 is 0 Å². The smallest absolute Gasteiger partial charge is 0.157 e. The molecule has 0 aliphatic carbocycles. The van der Waals surface area contributed by atoms with Crippen LogP contribution in [-0.4, -0.2) is 17.0 Å². The van der Waals surface area contributed by atoms with Crippen LogP contribution in [0.4, 0.5) is 5.82 Å². The lowest BCUT2D eigenvalue weighted by atomic mass is 10.2. The zero-order valence-electron chi connectivity index (χ0n) is 10.3. The normalized spacial score (nSPS) is 10.4. The first-order chi connectivity index (χ1) is 8.65. The first kappa shape index (κ1) is 12.8. The predicted octanol–water partition coefficient (Wildman–Crippen LogP) is 3.01. The fourth-order valence-corrected chi connectivity index (χ4v) is 1.71. The Labute approximate surface area is 111 Å². The Kier molecular flexibility index (Phi) is 4.12. The van der Waals surface area contributed by atoms with Gasteiger partial charge in [0, 0.05) is 13.1 Å². The van der Waals surface area contributed by atoms with E-state index in [0.29, 0.717) is 23.4 Å². The third-order valence-electron chi connectivity index (χ3n) is 2.38. The molecule has 2 rings (SSSR count). The number of anilines is 1. The zero-order chi connectivity index (χ0) is 13.0. The summed E-state index contributed by atoms with van der Waals surface area (Å²) in [6, 6.07) is 11.6. The topological polar surface area (TPSA) is 38.2 Å². The molecule has 0 bridgehead atoms. The van der Waals surface area contributed by atoms with Crippen LogP contribution in [0.25, 0.3) is 0 Å². The SMILES string of the molecule is Cc1nc(Cl)cc(N(C)OCc2ccccc2)n1. The second-order valence-electron chi connectivity index (χ2n) is 3.85. The second kappa shape index (κ2) is 5.80. The van der Waals surface area contributed by atoms with Gasteiger partial charge in [-0.2, -0.15) is 0 Å². The van der Waals surface area contributed by atoms with Crippen LogP contribution in [0.1, 0.15) is 11.4 Å². The second-order valence-corrected chi connectivity index (χ2v) is 4.24. The molecule has 1 heterocycles. The van der Waals surface area contributed by atoms with Gasteiger partial charge in [-0.15, -0.1) is 0 Å². The van der Waals surface area contributed by atoms with Gasteiger partial charge in [0.15, 0.2) is 5.82 Å². The third-order valence-corrected chi connectivity index (χ3v) is 2.58. The minimum atomic E-state index is 0.410. The number of hydrogen-bond donors (Lipinski definition) is 0. The van der Waals surface area contributed by atoms with Crippen molar-refractivity contribution in [1.82, 2.24) is 9.97 Å². The minimum absolute atomic E-state index is 0.410. The van der Waals surface area contributed by atoms with Gasteiger partial charge in [0.05, 0.1) is 6.61 Å². The molecule has 2 aromatic rings. The number of benzene rings is 1. The molecule has 94 valence electrons. The zero-order valence-corrected chi connectivity index (χ0v) is 11.1. The van der Waals surface area contributed by atoms with Crippen molar-refractivity contribution in [3.63, 3.8) is 0 Å². The summed E-state index contributed by atoms with van der Waals surface area (Å²) in [5, 5.41) is 2.00. The molecular formula is C13H14ClN3O. The van der Waals surface area contributed by atoms with Crippen LogP contribution in [-0.2, 0) is 11.4 Å². The van der Waals surface area contributed by atoms with Gasteiger partial charge in [0.1, 0.15) is 11.0 Å². The Hall–Kier alpha value is -1.65. The van der Waals surface area contributed by atoms with Crippen molar-refractivity contribution >= 4 is 17.4 Å². The first-order valence-electron chi connectivity index (χ1n) is 5.57. The maximum absolute atomic E-state index is 5.88. The molecule has 0 N–H and O–H groups in total. The van der Waals surface area contributed by atoms with Crippen molar-refractivity contribution in [1.29, 1.82) is 0 Å². The Morgan fingerprint density at radius 2 is 1.94 bits per heavy atom. The van der Waals surface area contributed by atoms with Crippen LogP contribution in [0.3, 0.4) is 0 Å². The van der Waals surface area contributed by atoms with E-state index < -0.39 is 0 Å². The van der Waals surface area contributed by atoms with E-state index in [9.17, 15) is 0 Å². The molecule has 1 aromatic carbocycles. The lowest BCUT2D eigenvalue weighted by Crippen LogP contribution is -2.19. The Morgan fingerprint density at radius 3 is 2.61 bits per heavy atom. The maximum Gasteiger partial charge on any atom is 0.157 e. The van der Waals surface area contributed by atoms with Gasteiger partial charge in [-0.1, -0.05) is 41.9 Å². The molecule has 0 aliphatic rings. The number of aromatic nitrogens is 2. The van der Waals surface area contributed by atoms with Gasteiger partial charge in [-0.05, 0) is 12.5 Å². The lowest BCUT2D eigenvalue weighted by Gasteiger charge is -2.18. The van der Waals surface area contributed by atoms with Crippen LogP contribution in [0.5, 0.6) is 0 Å². The molecule has 0 aliphatic heterocycles. The van der Waals surface area contributed by atoms with E-state index in [2.05, 4.69) is 9.97 Å². The molecule has 0 fully saturated rings. The van der Waals surface area contributed by atoms with Crippen molar-refractivity contribution in [2.45, 2.75) is 13.5 Å². The van der Waals surface area contributed by atoms with Gasteiger partial charge in [0.2, 0.25) is 0 Å². The lowest BCUT2D eigenvalue weighted by molar-refractivity contribution is 0.106. The summed E-state index contributed by atoms with van der Waals surface area (Å²) in [6.07, 6.45) is 0. The van der Waals surface area contributed by atoms with Crippen molar-refractivity contribution in [3.05, 3.63) is 52.9 Å². The molecule has 0 saturated carbocycles. The molecule has 0 amide bonds. The quantitative estimate of drug-likeness (QED) is 0.628. The maximum atomic E-state index is 5.88. The van der Waals surface area contributed by atoms with Crippen LogP contribution < -0.4 is 5.06 Å². The summed E-state index contributed by atoms with van der Waals surface area (Å²) in [5.74, 6) is 1.26. The molecule has 0 atom stereocenters. The molecule has 5 heteroatoms. The van der Waals surface area contributed by atoms with Crippen LogP contribution in [0, 0.1) is 6.92 Å². The number of hydrogen-bond acceptors (Lipinski definition) is 4. The molecule has 1 aromatic heterocycles. The molecule has 18 heavy (non-hydrogen) atoms. The third kappa shape index (κ3) is 3.42. The highest BCUT2D eigenvalue weighted by molar-refractivity contribution is 6.29. The number of halogens is 1. The van der Waals surface area contributed by atoms with Gasteiger partial charge in [0.25, 0.3) is 0 Å². The van der Waals surface area contributed by atoms with Gasteiger partial charge in [-0.25, -0.2) is 15.0 Å². The molecule has 0 radical (unpaired) electrons. The van der Waals surface area contributed by atoms with Crippen LogP contribution in [0.15, 0.2) is 36.4 Å². The molecule has 0 spiro atoms. The monoisotopic (exact) mass is 263 g/mol. The number of nitrogens with zero attached hydrogens (tertiary/aromatic N) is 3. The highest BCUT2D eigenvalue weighted by Gasteiger charge is 2.06. The van der Waals surface area contributed by atoms with Gasteiger partial charge >= 0.3 is 0 Å². The largest absolute Gasteiger partial charge is 0.268 e. The average molecular weight is 264 g/mol. The van der Waals surface area contributed by atoms with E-state index in [-0.39, 0.29) is 0 Å². The molecular weight excluding hydrogens is 250 g/mol. The van der Waals surface area contributed by atoms with E-state index in [0.717, 1.165) is 5.56 Å². The number of aryl methyl sites for hydroxylation is 1. The van der Waals surface area contributed by atoms with Crippen molar-refractivity contribution in [3.8, 4) is 0 Å². The van der Waals surface area contributed by atoms with Gasteiger partial charge in [-0.3, -0.25) is 4.84 Å². The molecule has 0 saturated heterocycles. The summed E-state index contributed by atoms with van der Waals surface area (Å²) >= 11 is 5.88. The highest BCUT2D eigenvalue weighted by atomic mass is 35.5. The summed E-state index contributed by atoms with van der Waals surface area (Å²) in [4.78, 5) is 13.9. The van der Waals surface area contributed by atoms with E-state index in [1.807, 2.05) is 30.3 Å². The van der Waals surface area contributed by atoms with Crippen molar-refractivity contribution < 1.29 is 4.84 Å². The summed E-state index contributed by atoms with van der Waals surface area (Å²) in [7, 11) is 1.79. The van der Waals surface area contributed by atoms with E-state index in [4.69, 9.17) is 16.4 Å². The van der Waals surface area contributed by atoms with Crippen molar-refractivity contribution in [2.75, 3.05) is 12.1 Å². The number of hydroxylamine groups is 1. The van der Waals surface area contributed by atoms with Crippen molar-refractivity contribution in [2.24, 2.45) is 0 Å². The number of rotatable bonds is 4. The summed E-state index contributed by atoms with van der Waals surface area (Å²) in [6.45, 7) is 2.28. The Balaban J connectivity index is 2.01. The fraction of sp³-hybridized carbons (Fsp3) is 0.231. The Bertz CT molecular complexity index is 499. The van der Waals surface area contributed by atoms with Crippen LogP contribution in [0.2, 0.25) is 5.15 Å². The predicted molar refractivity (Wildman–Crippen MR) is 71.4 cm³/mol.